The Kier molecular flexibility index (Phi) is 6.10. The normalized spacial score (nSPS) is 9.61. The van der Waals surface area contributed by atoms with Gasteiger partial charge >= 0.3 is 0 Å². The van der Waals surface area contributed by atoms with Gasteiger partial charge in [0.25, 0.3) is 0 Å². The Morgan fingerprint density at radius 2 is 2.22 bits per heavy atom. The van der Waals surface area contributed by atoms with Crippen molar-refractivity contribution < 1.29 is 9.47 Å². The van der Waals surface area contributed by atoms with Crippen LogP contribution in [0.4, 0.5) is 0 Å². The molecule has 96 valence electrons. The summed E-state index contributed by atoms with van der Waals surface area (Å²) in [6.45, 7) is 6.56. The van der Waals surface area contributed by atoms with Gasteiger partial charge in [0.2, 0.25) is 0 Å². The molecule has 0 saturated heterocycles. The third-order valence-electron chi connectivity index (χ3n) is 2.28. The third-order valence-corrected chi connectivity index (χ3v) is 2.60. The van der Waals surface area contributed by atoms with Crippen LogP contribution in [0.1, 0.15) is 25.3 Å². The van der Waals surface area contributed by atoms with Crippen molar-refractivity contribution in [2.24, 2.45) is 0 Å². The predicted octanol–water partition coefficient (Wildman–Crippen LogP) is 3.96. The Hall–Kier alpha value is -1.66. The number of ether oxygens (including phenoxy) is 2. The van der Waals surface area contributed by atoms with Crippen LogP contribution in [0.25, 0.3) is 0 Å². The number of nitriles is 1. The van der Waals surface area contributed by atoms with Crippen LogP contribution in [0.3, 0.4) is 0 Å². The van der Waals surface area contributed by atoms with Gasteiger partial charge in [0.15, 0.2) is 11.5 Å². The molecule has 0 fully saturated rings. The maximum atomic E-state index is 9.10. The van der Waals surface area contributed by atoms with Gasteiger partial charge in [0, 0.05) is 0 Å². The first-order chi connectivity index (χ1) is 8.74. The van der Waals surface area contributed by atoms with Crippen molar-refractivity contribution in [1.29, 1.82) is 5.26 Å². The lowest BCUT2D eigenvalue weighted by molar-refractivity contribution is 0.278. The fraction of sp³-hybridized carbons (Fsp3) is 0.357. The Labute approximate surface area is 113 Å². The van der Waals surface area contributed by atoms with Gasteiger partial charge in [-0.2, -0.15) is 5.26 Å². The van der Waals surface area contributed by atoms with E-state index in [1.54, 1.807) is 18.2 Å². The average Bonchev–Trinajstić information content (AvgIpc) is 2.38. The monoisotopic (exact) mass is 265 g/mol. The summed E-state index contributed by atoms with van der Waals surface area (Å²) in [6.07, 6.45) is 3.60. The molecule has 0 N–H and O–H groups in total. The fourth-order valence-electron chi connectivity index (χ4n) is 1.37. The van der Waals surface area contributed by atoms with Gasteiger partial charge in [-0.3, -0.25) is 0 Å². The molecule has 18 heavy (non-hydrogen) atoms. The highest BCUT2D eigenvalue weighted by atomic mass is 35.5. The van der Waals surface area contributed by atoms with Crippen LogP contribution in [0, 0.1) is 11.3 Å². The van der Waals surface area contributed by atoms with Crippen LogP contribution in [0.15, 0.2) is 24.8 Å². The summed E-state index contributed by atoms with van der Waals surface area (Å²) in [5, 5.41) is 9.46. The predicted molar refractivity (Wildman–Crippen MR) is 72.3 cm³/mol. The summed E-state index contributed by atoms with van der Waals surface area (Å²) >= 11 is 5.96. The standard InChI is InChI=1S/C14H16ClNO2/c1-3-5-9-17-13-7-6-12(15)11(10-16)14(13)18-8-4-2/h4,6-7H,2-3,5,8-9H2,1H3. The van der Waals surface area contributed by atoms with Crippen molar-refractivity contribution in [3.05, 3.63) is 35.4 Å². The summed E-state index contributed by atoms with van der Waals surface area (Å²) in [4.78, 5) is 0. The first kappa shape index (κ1) is 14.4. The van der Waals surface area contributed by atoms with Crippen molar-refractivity contribution in [3.63, 3.8) is 0 Å². The minimum absolute atomic E-state index is 0.299. The molecule has 0 heterocycles. The van der Waals surface area contributed by atoms with Crippen molar-refractivity contribution >= 4 is 11.6 Å². The van der Waals surface area contributed by atoms with Gasteiger partial charge in [-0.25, -0.2) is 0 Å². The summed E-state index contributed by atoms with van der Waals surface area (Å²) < 4.78 is 11.1. The molecule has 0 spiro atoms. The first-order valence-electron chi connectivity index (χ1n) is 5.83. The number of benzene rings is 1. The minimum atomic E-state index is 0.299. The van der Waals surface area contributed by atoms with Crippen LogP contribution in [0.2, 0.25) is 5.02 Å². The fourth-order valence-corrected chi connectivity index (χ4v) is 1.56. The number of unbranched alkanes of at least 4 members (excludes halogenated alkanes) is 1. The van der Waals surface area contributed by atoms with Gasteiger partial charge in [-0.05, 0) is 18.6 Å². The van der Waals surface area contributed by atoms with E-state index in [9.17, 15) is 0 Å². The van der Waals surface area contributed by atoms with E-state index in [2.05, 4.69) is 13.5 Å². The largest absolute Gasteiger partial charge is 0.490 e. The molecule has 4 heteroatoms. The van der Waals surface area contributed by atoms with Crippen LogP contribution >= 0.6 is 11.6 Å². The van der Waals surface area contributed by atoms with Crippen molar-refractivity contribution in [2.75, 3.05) is 13.2 Å². The van der Waals surface area contributed by atoms with Crippen molar-refractivity contribution in [2.45, 2.75) is 19.8 Å². The van der Waals surface area contributed by atoms with Gasteiger partial charge in [0.05, 0.1) is 11.6 Å². The summed E-state index contributed by atoms with van der Waals surface area (Å²) in [7, 11) is 0. The summed E-state index contributed by atoms with van der Waals surface area (Å²) in [5.41, 5.74) is 0.299. The molecule has 0 amide bonds. The lowest BCUT2D eigenvalue weighted by Gasteiger charge is -2.13. The average molecular weight is 266 g/mol. The van der Waals surface area contributed by atoms with E-state index in [0.717, 1.165) is 12.8 Å². The Morgan fingerprint density at radius 3 is 2.83 bits per heavy atom. The zero-order chi connectivity index (χ0) is 13.4. The highest BCUT2D eigenvalue weighted by Crippen LogP contribution is 2.35. The molecule has 0 aromatic heterocycles. The maximum absolute atomic E-state index is 9.10. The van der Waals surface area contributed by atoms with E-state index < -0.39 is 0 Å². The summed E-state index contributed by atoms with van der Waals surface area (Å²) in [6, 6.07) is 5.39. The van der Waals surface area contributed by atoms with Crippen LogP contribution in [-0.2, 0) is 0 Å². The molecule has 0 unspecified atom stereocenters. The van der Waals surface area contributed by atoms with Gasteiger partial charge in [0.1, 0.15) is 18.2 Å². The molecule has 0 radical (unpaired) electrons. The maximum Gasteiger partial charge on any atom is 0.180 e. The van der Waals surface area contributed by atoms with Crippen molar-refractivity contribution in [3.8, 4) is 17.6 Å². The third kappa shape index (κ3) is 3.68. The molecule has 3 nitrogen and oxygen atoms in total. The molecular weight excluding hydrogens is 250 g/mol. The second-order valence-electron chi connectivity index (χ2n) is 3.66. The summed E-state index contributed by atoms with van der Waals surface area (Å²) in [5.74, 6) is 0.937. The highest BCUT2D eigenvalue weighted by molar-refractivity contribution is 6.32. The SMILES string of the molecule is C=CCOc1c(OCCCC)ccc(Cl)c1C#N. The molecule has 1 rings (SSSR count). The van der Waals surface area contributed by atoms with E-state index in [-0.39, 0.29) is 0 Å². The molecule has 1 aromatic carbocycles. The van der Waals surface area contributed by atoms with Gasteiger partial charge < -0.3 is 9.47 Å². The highest BCUT2D eigenvalue weighted by Gasteiger charge is 2.14. The van der Waals surface area contributed by atoms with E-state index in [1.165, 1.54) is 0 Å². The van der Waals surface area contributed by atoms with E-state index >= 15 is 0 Å². The van der Waals surface area contributed by atoms with Gasteiger partial charge in [-0.1, -0.05) is 37.6 Å². The molecule has 1 aromatic rings. The molecule has 0 aliphatic carbocycles. The Balaban J connectivity index is 3.00. The smallest absolute Gasteiger partial charge is 0.180 e. The molecule has 0 aliphatic rings. The second-order valence-corrected chi connectivity index (χ2v) is 4.07. The quantitative estimate of drug-likeness (QED) is 0.554. The topological polar surface area (TPSA) is 42.2 Å². The second kappa shape index (κ2) is 7.62. The minimum Gasteiger partial charge on any atom is -0.490 e. The molecular formula is C14H16ClNO2. The van der Waals surface area contributed by atoms with Crippen LogP contribution in [0.5, 0.6) is 11.5 Å². The lowest BCUT2D eigenvalue weighted by Crippen LogP contribution is -2.03. The Morgan fingerprint density at radius 1 is 1.44 bits per heavy atom. The van der Waals surface area contributed by atoms with E-state index in [1.807, 2.05) is 6.07 Å². The molecule has 0 aliphatic heterocycles. The number of nitrogens with zero attached hydrogens (tertiary/aromatic N) is 1. The van der Waals surface area contributed by atoms with Crippen LogP contribution in [-0.4, -0.2) is 13.2 Å². The zero-order valence-corrected chi connectivity index (χ0v) is 11.2. The first-order valence-corrected chi connectivity index (χ1v) is 6.21. The number of hydrogen-bond acceptors (Lipinski definition) is 3. The number of rotatable bonds is 7. The van der Waals surface area contributed by atoms with Crippen molar-refractivity contribution in [1.82, 2.24) is 0 Å². The molecule has 0 bridgehead atoms. The van der Waals surface area contributed by atoms with Gasteiger partial charge in [-0.15, -0.1) is 0 Å². The lowest BCUT2D eigenvalue weighted by atomic mass is 10.2. The van der Waals surface area contributed by atoms with E-state index in [0.29, 0.717) is 35.3 Å². The molecule has 0 atom stereocenters. The van der Waals surface area contributed by atoms with Crippen LogP contribution < -0.4 is 9.47 Å². The van der Waals surface area contributed by atoms with E-state index in [4.69, 9.17) is 26.3 Å². The number of halogens is 1. The molecule has 0 saturated carbocycles. The number of hydrogen-bond donors (Lipinski definition) is 0. The Bertz CT molecular complexity index is 452. The zero-order valence-electron chi connectivity index (χ0n) is 10.4.